The highest BCUT2D eigenvalue weighted by atomic mass is 79.9. The maximum atomic E-state index is 12.1. The van der Waals surface area contributed by atoms with E-state index in [1.54, 1.807) is 37.4 Å². The summed E-state index contributed by atoms with van der Waals surface area (Å²) >= 11 is 3.26. The lowest BCUT2D eigenvalue weighted by Gasteiger charge is -2.08. The number of sulfonamides is 1. The quantitative estimate of drug-likeness (QED) is 0.896. The Balaban J connectivity index is 2.13. The third-order valence-electron chi connectivity index (χ3n) is 2.71. The van der Waals surface area contributed by atoms with Gasteiger partial charge in [0.15, 0.2) is 0 Å². The van der Waals surface area contributed by atoms with Crippen LogP contribution < -0.4 is 9.46 Å². The van der Waals surface area contributed by atoms with Crippen molar-refractivity contribution < 1.29 is 13.2 Å². The van der Waals surface area contributed by atoms with E-state index in [9.17, 15) is 8.42 Å². The Morgan fingerprint density at radius 2 is 1.90 bits per heavy atom. The average Bonchev–Trinajstić information content (AvgIpc) is 2.45. The molecule has 0 spiro atoms. The Hall–Kier alpha value is -1.37. The van der Waals surface area contributed by atoms with Gasteiger partial charge in [-0.25, -0.2) is 13.1 Å². The largest absolute Gasteiger partial charge is 0.497 e. The lowest BCUT2D eigenvalue weighted by Crippen LogP contribution is -2.23. The molecule has 2 rings (SSSR count). The third kappa shape index (κ3) is 3.82. The molecule has 2 aromatic rings. The van der Waals surface area contributed by atoms with E-state index in [0.29, 0.717) is 5.75 Å². The van der Waals surface area contributed by atoms with Gasteiger partial charge in [0, 0.05) is 11.0 Å². The van der Waals surface area contributed by atoms with Crippen LogP contribution in [0.4, 0.5) is 0 Å². The second kappa shape index (κ2) is 6.39. The first-order chi connectivity index (χ1) is 9.51. The van der Waals surface area contributed by atoms with Gasteiger partial charge >= 0.3 is 0 Å². The molecule has 0 fully saturated rings. The number of hydrogen-bond donors (Lipinski definition) is 1. The first kappa shape index (κ1) is 15.0. The fourth-order valence-corrected chi connectivity index (χ4v) is 3.29. The van der Waals surface area contributed by atoms with Crippen LogP contribution in [0.5, 0.6) is 5.75 Å². The molecule has 0 radical (unpaired) electrons. The first-order valence-corrected chi connectivity index (χ1v) is 8.17. The number of benzene rings is 2. The minimum Gasteiger partial charge on any atom is -0.497 e. The van der Waals surface area contributed by atoms with Crippen LogP contribution in [0.25, 0.3) is 0 Å². The van der Waals surface area contributed by atoms with E-state index in [-0.39, 0.29) is 11.4 Å². The van der Waals surface area contributed by atoms with E-state index < -0.39 is 10.0 Å². The van der Waals surface area contributed by atoms with E-state index >= 15 is 0 Å². The zero-order valence-electron chi connectivity index (χ0n) is 10.8. The van der Waals surface area contributed by atoms with Gasteiger partial charge in [0.2, 0.25) is 10.0 Å². The van der Waals surface area contributed by atoms with Crippen LogP contribution in [0.1, 0.15) is 5.56 Å². The first-order valence-electron chi connectivity index (χ1n) is 5.89. The number of ether oxygens (including phenoxy) is 1. The van der Waals surface area contributed by atoms with E-state index in [1.165, 1.54) is 0 Å². The van der Waals surface area contributed by atoms with Crippen LogP contribution in [0.3, 0.4) is 0 Å². The predicted molar refractivity (Wildman–Crippen MR) is 81.2 cm³/mol. The Morgan fingerprint density at radius 1 is 1.15 bits per heavy atom. The summed E-state index contributed by atoms with van der Waals surface area (Å²) in [6.07, 6.45) is 0. The van der Waals surface area contributed by atoms with Crippen molar-refractivity contribution in [3.63, 3.8) is 0 Å². The highest BCUT2D eigenvalue weighted by molar-refractivity contribution is 9.10. The molecule has 0 heterocycles. The minimum absolute atomic E-state index is 0.214. The molecule has 0 aliphatic carbocycles. The maximum absolute atomic E-state index is 12.1. The number of halogens is 1. The minimum atomic E-state index is -3.52. The predicted octanol–water partition coefficient (Wildman–Crippen LogP) is 2.94. The van der Waals surface area contributed by atoms with Crippen molar-refractivity contribution in [2.24, 2.45) is 0 Å². The fourth-order valence-electron chi connectivity index (χ4n) is 1.68. The van der Waals surface area contributed by atoms with E-state index in [0.717, 1.165) is 10.0 Å². The molecular formula is C14H14BrNO3S. The fraction of sp³-hybridized carbons (Fsp3) is 0.143. The second-order valence-corrected chi connectivity index (χ2v) is 6.82. The Morgan fingerprint density at radius 3 is 2.60 bits per heavy atom. The number of hydrogen-bond acceptors (Lipinski definition) is 3. The van der Waals surface area contributed by atoms with Gasteiger partial charge in [-0.05, 0) is 35.9 Å². The molecule has 4 nitrogen and oxygen atoms in total. The number of nitrogens with one attached hydrogen (secondary N) is 1. The molecule has 106 valence electrons. The molecule has 6 heteroatoms. The normalized spacial score (nSPS) is 11.3. The van der Waals surface area contributed by atoms with Crippen LogP contribution in [0, 0.1) is 0 Å². The van der Waals surface area contributed by atoms with Crippen molar-refractivity contribution in [3.05, 3.63) is 58.6 Å². The smallest absolute Gasteiger partial charge is 0.240 e. The van der Waals surface area contributed by atoms with Crippen molar-refractivity contribution in [1.82, 2.24) is 4.72 Å². The zero-order valence-corrected chi connectivity index (χ0v) is 13.2. The van der Waals surface area contributed by atoms with Crippen molar-refractivity contribution >= 4 is 26.0 Å². The number of methoxy groups -OCH3 is 1. The van der Waals surface area contributed by atoms with Gasteiger partial charge in [0.1, 0.15) is 5.75 Å². The van der Waals surface area contributed by atoms with Gasteiger partial charge in [-0.1, -0.05) is 34.1 Å². The monoisotopic (exact) mass is 355 g/mol. The van der Waals surface area contributed by atoms with Gasteiger partial charge in [-0.2, -0.15) is 0 Å². The summed E-state index contributed by atoms with van der Waals surface area (Å²) in [6, 6.07) is 13.8. The Labute approximate surface area is 127 Å². The average molecular weight is 356 g/mol. The molecule has 20 heavy (non-hydrogen) atoms. The maximum Gasteiger partial charge on any atom is 0.240 e. The standard InChI is InChI=1S/C14H14BrNO3S/c1-19-13-6-2-4-11(8-13)10-16-20(17,18)14-7-3-5-12(15)9-14/h2-9,16H,10H2,1H3. The second-order valence-electron chi connectivity index (χ2n) is 4.13. The van der Waals surface area contributed by atoms with Crippen molar-refractivity contribution in [1.29, 1.82) is 0 Å². The summed E-state index contributed by atoms with van der Waals surface area (Å²) in [4.78, 5) is 0.231. The molecule has 0 saturated heterocycles. The topological polar surface area (TPSA) is 55.4 Å². The van der Waals surface area contributed by atoms with Crippen LogP contribution in [0.2, 0.25) is 0 Å². The summed E-state index contributed by atoms with van der Waals surface area (Å²) in [5, 5.41) is 0. The van der Waals surface area contributed by atoms with E-state index in [4.69, 9.17) is 4.74 Å². The van der Waals surface area contributed by atoms with Gasteiger partial charge in [-0.3, -0.25) is 0 Å². The van der Waals surface area contributed by atoms with Crippen LogP contribution >= 0.6 is 15.9 Å². The molecule has 0 aliphatic rings. The van der Waals surface area contributed by atoms with Crippen LogP contribution in [-0.4, -0.2) is 15.5 Å². The van der Waals surface area contributed by atoms with Crippen molar-refractivity contribution in [2.45, 2.75) is 11.4 Å². The Bertz CT molecular complexity index is 701. The Kier molecular flexibility index (Phi) is 4.80. The molecule has 0 unspecified atom stereocenters. The summed E-state index contributed by atoms with van der Waals surface area (Å²) < 4.78 is 32.7. The lowest BCUT2D eigenvalue weighted by atomic mass is 10.2. The van der Waals surface area contributed by atoms with E-state index in [1.807, 2.05) is 18.2 Å². The zero-order chi connectivity index (χ0) is 14.6. The lowest BCUT2D eigenvalue weighted by molar-refractivity contribution is 0.414. The van der Waals surface area contributed by atoms with Gasteiger partial charge in [0.05, 0.1) is 12.0 Å². The summed E-state index contributed by atoms with van der Waals surface area (Å²) in [7, 11) is -1.95. The molecule has 2 aromatic carbocycles. The van der Waals surface area contributed by atoms with Crippen molar-refractivity contribution in [2.75, 3.05) is 7.11 Å². The highest BCUT2D eigenvalue weighted by Crippen LogP contribution is 2.17. The van der Waals surface area contributed by atoms with Crippen LogP contribution in [-0.2, 0) is 16.6 Å². The molecule has 0 atom stereocenters. The summed E-state index contributed by atoms with van der Waals surface area (Å²) in [6.45, 7) is 0.214. The molecule has 1 N–H and O–H groups in total. The molecule has 0 bridgehead atoms. The van der Waals surface area contributed by atoms with Crippen LogP contribution in [0.15, 0.2) is 57.9 Å². The molecular weight excluding hydrogens is 342 g/mol. The molecule has 0 aromatic heterocycles. The third-order valence-corrected chi connectivity index (χ3v) is 4.60. The van der Waals surface area contributed by atoms with Gasteiger partial charge < -0.3 is 4.74 Å². The summed E-state index contributed by atoms with van der Waals surface area (Å²) in [5.74, 6) is 0.698. The van der Waals surface area contributed by atoms with E-state index in [2.05, 4.69) is 20.7 Å². The SMILES string of the molecule is COc1cccc(CNS(=O)(=O)c2cccc(Br)c2)c1. The molecule has 0 saturated carbocycles. The van der Waals surface area contributed by atoms with Gasteiger partial charge in [0.25, 0.3) is 0 Å². The van der Waals surface area contributed by atoms with Gasteiger partial charge in [-0.15, -0.1) is 0 Å². The highest BCUT2D eigenvalue weighted by Gasteiger charge is 2.13. The summed E-state index contributed by atoms with van der Waals surface area (Å²) in [5.41, 5.74) is 0.836. The molecule has 0 amide bonds. The molecule has 0 aliphatic heterocycles. The van der Waals surface area contributed by atoms with Crippen molar-refractivity contribution in [3.8, 4) is 5.75 Å². The number of rotatable bonds is 5.